The molecule has 0 saturated carbocycles. The van der Waals surface area contributed by atoms with Gasteiger partial charge < -0.3 is 15.2 Å². The maximum absolute atomic E-state index is 12.3. The highest BCUT2D eigenvalue weighted by molar-refractivity contribution is 6.34. The first-order valence-electron chi connectivity index (χ1n) is 9.57. The van der Waals surface area contributed by atoms with Gasteiger partial charge in [-0.15, -0.1) is 0 Å². The van der Waals surface area contributed by atoms with E-state index in [-0.39, 0.29) is 38.0 Å². The average molecular weight is 486 g/mol. The Labute approximate surface area is 199 Å². The molecule has 0 aliphatic rings. The number of hydrogen-bond donors (Lipinski definition) is 1. The summed E-state index contributed by atoms with van der Waals surface area (Å²) in [5, 5.41) is 0.493. The summed E-state index contributed by atoms with van der Waals surface area (Å²) in [5.74, 6) is -2.60. The molecule has 7 nitrogen and oxygen atoms in total. The molecule has 3 aromatic carbocycles. The number of hydrogen-bond acceptors (Lipinski definition) is 7. The molecule has 0 aliphatic heterocycles. The summed E-state index contributed by atoms with van der Waals surface area (Å²) in [7, 11) is 0. The van der Waals surface area contributed by atoms with Crippen molar-refractivity contribution in [1.82, 2.24) is 0 Å². The van der Waals surface area contributed by atoms with Crippen molar-refractivity contribution >= 4 is 52.4 Å². The van der Waals surface area contributed by atoms with Crippen LogP contribution in [0.4, 0.5) is 5.69 Å². The Bertz CT molecular complexity index is 1240. The summed E-state index contributed by atoms with van der Waals surface area (Å²) in [5.41, 5.74) is 6.26. The van der Waals surface area contributed by atoms with Crippen molar-refractivity contribution in [3.63, 3.8) is 0 Å². The molecule has 0 heterocycles. The van der Waals surface area contributed by atoms with E-state index in [0.717, 1.165) is 0 Å². The summed E-state index contributed by atoms with van der Waals surface area (Å²) in [6, 6.07) is 16.5. The number of ether oxygens (including phenoxy) is 2. The molecule has 0 unspecified atom stereocenters. The summed E-state index contributed by atoms with van der Waals surface area (Å²) in [4.78, 5) is 48.9. The molecule has 0 bridgehead atoms. The normalized spacial score (nSPS) is 10.4. The van der Waals surface area contributed by atoms with Crippen LogP contribution in [0, 0.1) is 0 Å². The van der Waals surface area contributed by atoms with Crippen molar-refractivity contribution in [2.75, 3.05) is 18.9 Å². The molecule has 0 radical (unpaired) electrons. The maximum Gasteiger partial charge on any atom is 0.340 e. The van der Waals surface area contributed by atoms with Gasteiger partial charge in [0.15, 0.2) is 13.2 Å². The molecule has 168 valence electrons. The molecule has 3 rings (SSSR count). The first kappa shape index (κ1) is 24.0. The fraction of sp³-hybridized carbons (Fsp3) is 0.0833. The summed E-state index contributed by atoms with van der Waals surface area (Å²) in [6.45, 7) is -1.05. The molecule has 0 amide bonds. The van der Waals surface area contributed by atoms with E-state index in [9.17, 15) is 19.2 Å². The van der Waals surface area contributed by atoms with Gasteiger partial charge in [0.2, 0.25) is 11.6 Å². The number of carbonyl (C=O) groups excluding carboxylic acids is 4. The number of rotatable bonds is 8. The van der Waals surface area contributed by atoms with Crippen LogP contribution in [-0.4, -0.2) is 36.7 Å². The minimum Gasteiger partial charge on any atom is -0.454 e. The SMILES string of the molecule is Nc1cc(C(=O)OCC(=O)c2ccccc2Cl)ccc1C(=O)OCC(=O)c1ccccc1Cl. The van der Waals surface area contributed by atoms with Crippen LogP contribution in [0.1, 0.15) is 41.4 Å². The Morgan fingerprint density at radius 2 is 1.15 bits per heavy atom. The van der Waals surface area contributed by atoms with E-state index in [4.69, 9.17) is 38.4 Å². The third-order valence-corrected chi connectivity index (χ3v) is 5.18. The molecule has 0 spiro atoms. The van der Waals surface area contributed by atoms with Gasteiger partial charge in [-0.3, -0.25) is 9.59 Å². The van der Waals surface area contributed by atoms with E-state index >= 15 is 0 Å². The van der Waals surface area contributed by atoms with Crippen LogP contribution in [-0.2, 0) is 9.47 Å². The number of esters is 2. The van der Waals surface area contributed by atoms with Crippen LogP contribution in [0.25, 0.3) is 0 Å². The smallest absolute Gasteiger partial charge is 0.340 e. The van der Waals surface area contributed by atoms with E-state index < -0.39 is 36.7 Å². The predicted octanol–water partition coefficient (Wildman–Crippen LogP) is 4.66. The van der Waals surface area contributed by atoms with Gasteiger partial charge in [0, 0.05) is 16.8 Å². The van der Waals surface area contributed by atoms with Crippen molar-refractivity contribution in [3.05, 3.63) is 99.0 Å². The summed E-state index contributed by atoms with van der Waals surface area (Å²) in [6.07, 6.45) is 0. The average Bonchev–Trinajstić information content (AvgIpc) is 2.81. The van der Waals surface area contributed by atoms with E-state index in [1.807, 2.05) is 0 Å². The zero-order chi connectivity index (χ0) is 24.0. The number of ketones is 2. The zero-order valence-electron chi connectivity index (χ0n) is 17.0. The van der Waals surface area contributed by atoms with E-state index in [1.54, 1.807) is 36.4 Å². The van der Waals surface area contributed by atoms with Crippen LogP contribution in [0.3, 0.4) is 0 Å². The Kier molecular flexibility index (Phi) is 7.82. The molecular formula is C24H17Cl2NO6. The third kappa shape index (κ3) is 5.97. The molecular weight excluding hydrogens is 469 g/mol. The van der Waals surface area contributed by atoms with Gasteiger partial charge in [-0.1, -0.05) is 47.5 Å². The van der Waals surface area contributed by atoms with Crippen LogP contribution in [0.15, 0.2) is 66.7 Å². The molecule has 0 fully saturated rings. The van der Waals surface area contributed by atoms with E-state index in [0.29, 0.717) is 0 Å². The molecule has 0 aromatic heterocycles. The van der Waals surface area contributed by atoms with E-state index in [2.05, 4.69) is 0 Å². The van der Waals surface area contributed by atoms with Crippen molar-refractivity contribution in [1.29, 1.82) is 0 Å². The highest BCUT2D eigenvalue weighted by atomic mass is 35.5. The lowest BCUT2D eigenvalue weighted by atomic mass is 10.1. The Balaban J connectivity index is 1.59. The van der Waals surface area contributed by atoms with Gasteiger partial charge in [-0.05, 0) is 42.5 Å². The van der Waals surface area contributed by atoms with Crippen molar-refractivity contribution in [3.8, 4) is 0 Å². The fourth-order valence-electron chi connectivity index (χ4n) is 2.83. The van der Waals surface area contributed by atoms with Crippen LogP contribution in [0.2, 0.25) is 10.0 Å². The Hall–Kier alpha value is -3.68. The fourth-order valence-corrected chi connectivity index (χ4v) is 3.31. The highest BCUT2D eigenvalue weighted by Crippen LogP contribution is 2.19. The van der Waals surface area contributed by atoms with Gasteiger partial charge in [0.1, 0.15) is 0 Å². The topological polar surface area (TPSA) is 113 Å². The number of benzene rings is 3. The van der Waals surface area contributed by atoms with Gasteiger partial charge in [0.25, 0.3) is 0 Å². The Morgan fingerprint density at radius 1 is 0.667 bits per heavy atom. The van der Waals surface area contributed by atoms with Gasteiger partial charge in [0.05, 0.1) is 21.2 Å². The first-order chi connectivity index (χ1) is 15.8. The number of nitrogen functional groups attached to an aromatic ring is 1. The van der Waals surface area contributed by atoms with Crippen LogP contribution in [0.5, 0.6) is 0 Å². The summed E-state index contributed by atoms with van der Waals surface area (Å²) < 4.78 is 10.0. The van der Waals surface area contributed by atoms with Crippen LogP contribution < -0.4 is 5.73 Å². The van der Waals surface area contributed by atoms with Gasteiger partial charge >= 0.3 is 11.9 Å². The first-order valence-corrected chi connectivity index (χ1v) is 10.3. The number of nitrogens with two attached hydrogens (primary N) is 1. The predicted molar refractivity (Wildman–Crippen MR) is 123 cm³/mol. The minimum absolute atomic E-state index is 0.0307. The number of carbonyl (C=O) groups is 4. The molecule has 2 N–H and O–H groups in total. The molecule has 0 aliphatic carbocycles. The second-order valence-electron chi connectivity index (χ2n) is 6.76. The van der Waals surface area contributed by atoms with E-state index in [1.165, 1.54) is 30.3 Å². The monoisotopic (exact) mass is 485 g/mol. The largest absolute Gasteiger partial charge is 0.454 e. The number of anilines is 1. The Morgan fingerprint density at radius 3 is 1.64 bits per heavy atom. The standard InChI is InChI=1S/C24H17Cl2NO6/c25-18-7-3-1-5-15(18)21(28)12-32-23(30)14-9-10-17(20(27)11-14)24(31)33-13-22(29)16-6-2-4-8-19(16)26/h1-11H,12-13,27H2. The molecule has 0 saturated heterocycles. The molecule has 3 aromatic rings. The quantitative estimate of drug-likeness (QED) is 0.280. The lowest BCUT2D eigenvalue weighted by Gasteiger charge is -2.09. The lowest BCUT2D eigenvalue weighted by molar-refractivity contribution is 0.0468. The number of halogens is 2. The number of Topliss-reactive ketones (excluding diaryl/α,β-unsaturated/α-hetero) is 2. The second kappa shape index (κ2) is 10.8. The van der Waals surface area contributed by atoms with Crippen molar-refractivity contribution in [2.45, 2.75) is 0 Å². The van der Waals surface area contributed by atoms with Gasteiger partial charge in [-0.25, -0.2) is 9.59 Å². The second-order valence-corrected chi connectivity index (χ2v) is 7.57. The molecule has 33 heavy (non-hydrogen) atoms. The third-order valence-electron chi connectivity index (χ3n) is 4.52. The van der Waals surface area contributed by atoms with Crippen LogP contribution >= 0.6 is 23.2 Å². The highest BCUT2D eigenvalue weighted by Gasteiger charge is 2.19. The molecule has 9 heteroatoms. The van der Waals surface area contributed by atoms with Gasteiger partial charge in [-0.2, -0.15) is 0 Å². The summed E-state index contributed by atoms with van der Waals surface area (Å²) >= 11 is 11.9. The lowest BCUT2D eigenvalue weighted by Crippen LogP contribution is -2.17. The van der Waals surface area contributed by atoms with Crippen molar-refractivity contribution in [2.24, 2.45) is 0 Å². The minimum atomic E-state index is -0.846. The zero-order valence-corrected chi connectivity index (χ0v) is 18.6. The molecule has 0 atom stereocenters. The maximum atomic E-state index is 12.3. The van der Waals surface area contributed by atoms with Crippen molar-refractivity contribution < 1.29 is 28.7 Å².